The second-order valence-corrected chi connectivity index (χ2v) is 6.18. The van der Waals surface area contributed by atoms with Gasteiger partial charge >= 0.3 is 0 Å². The highest BCUT2D eigenvalue weighted by Crippen LogP contribution is 2.34. The van der Waals surface area contributed by atoms with Gasteiger partial charge in [-0.05, 0) is 56.7 Å². The predicted molar refractivity (Wildman–Crippen MR) is 80.1 cm³/mol. The Labute approximate surface area is 115 Å². The average Bonchev–Trinajstić information content (AvgIpc) is 2.81. The molecule has 1 nitrogen and oxygen atoms in total. The molecule has 1 heterocycles. The van der Waals surface area contributed by atoms with Gasteiger partial charge in [-0.3, -0.25) is 0 Å². The fourth-order valence-electron chi connectivity index (χ4n) is 2.68. The maximum absolute atomic E-state index is 5.34. The molecular formula is C16H23NS. The van der Waals surface area contributed by atoms with Gasteiger partial charge in [-0.1, -0.05) is 6.92 Å². The van der Waals surface area contributed by atoms with Crippen molar-refractivity contribution in [1.29, 1.82) is 0 Å². The van der Waals surface area contributed by atoms with Gasteiger partial charge in [0, 0.05) is 22.2 Å². The molecule has 0 radical (unpaired) electrons. The smallest absolute Gasteiger partial charge is 0.0415 e. The van der Waals surface area contributed by atoms with Crippen LogP contribution in [0, 0.1) is 12.3 Å². The third-order valence-electron chi connectivity index (χ3n) is 3.62. The Kier molecular flexibility index (Phi) is 5.28. The molecular weight excluding hydrogens is 238 g/mol. The van der Waals surface area contributed by atoms with Crippen LogP contribution >= 0.6 is 11.3 Å². The molecule has 18 heavy (non-hydrogen) atoms. The Bertz CT molecular complexity index is 390. The molecule has 0 saturated heterocycles. The van der Waals surface area contributed by atoms with Crippen LogP contribution in [0.2, 0.25) is 0 Å². The third kappa shape index (κ3) is 3.37. The molecule has 1 aliphatic rings. The molecule has 1 aliphatic carbocycles. The van der Waals surface area contributed by atoms with E-state index in [9.17, 15) is 0 Å². The number of unbranched alkanes of at least 4 members (excludes halogenated alkanes) is 1. The topological polar surface area (TPSA) is 12.0 Å². The van der Waals surface area contributed by atoms with Gasteiger partial charge in [0.2, 0.25) is 0 Å². The largest absolute Gasteiger partial charge is 0.310 e. The molecule has 1 unspecified atom stereocenters. The first kappa shape index (κ1) is 13.6. The standard InChI is InChI=1S/C16H23NS/c1-3-5-6-10-14(17-4-2)16-12-13-9-7-8-11-15(13)18-16/h1,12,14,17H,4-11H2,2H3. The lowest BCUT2D eigenvalue weighted by Gasteiger charge is -2.15. The summed E-state index contributed by atoms with van der Waals surface area (Å²) in [5, 5.41) is 3.61. The number of terminal acetylenes is 1. The number of aryl methyl sites for hydroxylation is 2. The van der Waals surface area contributed by atoms with Crippen molar-refractivity contribution < 1.29 is 0 Å². The summed E-state index contributed by atoms with van der Waals surface area (Å²) in [5.41, 5.74) is 1.61. The minimum absolute atomic E-state index is 0.513. The highest BCUT2D eigenvalue weighted by molar-refractivity contribution is 7.12. The van der Waals surface area contributed by atoms with Crippen LogP contribution in [0.1, 0.15) is 60.4 Å². The maximum atomic E-state index is 5.34. The molecule has 0 saturated carbocycles. The summed E-state index contributed by atoms with van der Waals surface area (Å²) >= 11 is 2.03. The second-order valence-electron chi connectivity index (χ2n) is 5.01. The van der Waals surface area contributed by atoms with Crippen molar-refractivity contribution in [2.24, 2.45) is 0 Å². The fourth-order valence-corrected chi connectivity index (χ4v) is 4.05. The molecule has 1 aromatic rings. The van der Waals surface area contributed by atoms with E-state index in [0.29, 0.717) is 6.04 Å². The zero-order valence-electron chi connectivity index (χ0n) is 11.3. The van der Waals surface area contributed by atoms with E-state index in [1.807, 2.05) is 11.3 Å². The molecule has 0 spiro atoms. The van der Waals surface area contributed by atoms with E-state index < -0.39 is 0 Å². The summed E-state index contributed by atoms with van der Waals surface area (Å²) in [5.74, 6) is 2.74. The molecule has 0 aliphatic heterocycles. The van der Waals surface area contributed by atoms with Gasteiger partial charge in [-0.15, -0.1) is 23.7 Å². The summed E-state index contributed by atoms with van der Waals surface area (Å²) < 4.78 is 0. The monoisotopic (exact) mass is 261 g/mol. The third-order valence-corrected chi connectivity index (χ3v) is 4.97. The van der Waals surface area contributed by atoms with Crippen LogP contribution in [-0.4, -0.2) is 6.54 Å². The molecule has 1 atom stereocenters. The van der Waals surface area contributed by atoms with Crippen molar-refractivity contribution in [3.63, 3.8) is 0 Å². The Morgan fingerprint density at radius 2 is 2.28 bits per heavy atom. The lowest BCUT2D eigenvalue weighted by atomic mass is 9.98. The molecule has 0 fully saturated rings. The maximum Gasteiger partial charge on any atom is 0.0415 e. The zero-order chi connectivity index (χ0) is 12.8. The predicted octanol–water partition coefficient (Wildman–Crippen LogP) is 4.08. The summed E-state index contributed by atoms with van der Waals surface area (Å²) in [6, 6.07) is 2.96. The molecule has 98 valence electrons. The highest BCUT2D eigenvalue weighted by Gasteiger charge is 2.18. The van der Waals surface area contributed by atoms with Crippen molar-refractivity contribution in [1.82, 2.24) is 5.32 Å². The van der Waals surface area contributed by atoms with Crippen LogP contribution in [0.3, 0.4) is 0 Å². The highest BCUT2D eigenvalue weighted by atomic mass is 32.1. The fraction of sp³-hybridized carbons (Fsp3) is 0.625. The lowest BCUT2D eigenvalue weighted by molar-refractivity contribution is 0.508. The normalized spacial score (nSPS) is 16.0. The van der Waals surface area contributed by atoms with Gasteiger partial charge in [0.1, 0.15) is 0 Å². The van der Waals surface area contributed by atoms with Crippen LogP contribution in [0.4, 0.5) is 0 Å². The Morgan fingerprint density at radius 3 is 3.00 bits per heavy atom. The second kappa shape index (κ2) is 6.97. The Balaban J connectivity index is 2.04. The van der Waals surface area contributed by atoms with Crippen molar-refractivity contribution in [3.05, 3.63) is 21.4 Å². The van der Waals surface area contributed by atoms with E-state index in [1.165, 1.54) is 30.6 Å². The van der Waals surface area contributed by atoms with E-state index in [2.05, 4.69) is 24.2 Å². The van der Waals surface area contributed by atoms with E-state index in [0.717, 1.165) is 25.8 Å². The molecule has 2 rings (SSSR count). The van der Waals surface area contributed by atoms with Gasteiger partial charge in [-0.25, -0.2) is 0 Å². The molecule has 1 aromatic heterocycles. The molecule has 1 N–H and O–H groups in total. The van der Waals surface area contributed by atoms with Gasteiger partial charge in [0.25, 0.3) is 0 Å². The van der Waals surface area contributed by atoms with E-state index in [1.54, 1.807) is 10.4 Å². The summed E-state index contributed by atoms with van der Waals surface area (Å²) in [4.78, 5) is 3.16. The first-order chi connectivity index (χ1) is 8.85. The average molecular weight is 261 g/mol. The van der Waals surface area contributed by atoms with E-state index in [4.69, 9.17) is 6.42 Å². The van der Waals surface area contributed by atoms with Gasteiger partial charge in [0.15, 0.2) is 0 Å². The molecule has 2 heteroatoms. The number of hydrogen-bond donors (Lipinski definition) is 1. The SMILES string of the molecule is C#CCCCC(NCC)c1cc2c(s1)CCCC2. The minimum Gasteiger partial charge on any atom is -0.310 e. The Morgan fingerprint density at radius 1 is 1.44 bits per heavy atom. The number of nitrogens with one attached hydrogen (secondary N) is 1. The van der Waals surface area contributed by atoms with E-state index >= 15 is 0 Å². The summed E-state index contributed by atoms with van der Waals surface area (Å²) in [6.45, 7) is 3.21. The quantitative estimate of drug-likeness (QED) is 0.601. The zero-order valence-corrected chi connectivity index (χ0v) is 12.1. The minimum atomic E-state index is 0.513. The van der Waals surface area contributed by atoms with Crippen molar-refractivity contribution in [2.75, 3.05) is 6.54 Å². The van der Waals surface area contributed by atoms with Crippen molar-refractivity contribution >= 4 is 11.3 Å². The van der Waals surface area contributed by atoms with E-state index in [-0.39, 0.29) is 0 Å². The van der Waals surface area contributed by atoms with Crippen LogP contribution in [0.5, 0.6) is 0 Å². The first-order valence-corrected chi connectivity index (χ1v) is 7.95. The van der Waals surface area contributed by atoms with Crippen molar-refractivity contribution in [3.8, 4) is 12.3 Å². The molecule has 0 aromatic carbocycles. The van der Waals surface area contributed by atoms with Gasteiger partial charge in [-0.2, -0.15) is 0 Å². The number of rotatable bonds is 6. The molecule has 0 bridgehead atoms. The Hall–Kier alpha value is -0.780. The van der Waals surface area contributed by atoms with Gasteiger partial charge in [0.05, 0.1) is 0 Å². The summed E-state index contributed by atoms with van der Waals surface area (Å²) in [6.07, 6.45) is 13.8. The summed E-state index contributed by atoms with van der Waals surface area (Å²) in [7, 11) is 0. The number of thiophene rings is 1. The first-order valence-electron chi connectivity index (χ1n) is 7.13. The number of fused-ring (bicyclic) bond motifs is 1. The van der Waals surface area contributed by atoms with Crippen LogP contribution in [0.25, 0.3) is 0 Å². The molecule has 0 amide bonds. The van der Waals surface area contributed by atoms with Crippen molar-refractivity contribution in [2.45, 2.75) is 57.9 Å². The number of hydrogen-bond acceptors (Lipinski definition) is 2. The van der Waals surface area contributed by atoms with Crippen LogP contribution < -0.4 is 5.32 Å². The lowest BCUT2D eigenvalue weighted by Crippen LogP contribution is -2.19. The van der Waals surface area contributed by atoms with Crippen LogP contribution in [-0.2, 0) is 12.8 Å². The van der Waals surface area contributed by atoms with Gasteiger partial charge < -0.3 is 5.32 Å². The van der Waals surface area contributed by atoms with Crippen LogP contribution in [0.15, 0.2) is 6.07 Å².